The minimum Gasteiger partial charge on any atom is -0.476 e. The Bertz CT molecular complexity index is 723. The maximum absolute atomic E-state index is 12.3. The van der Waals surface area contributed by atoms with Crippen LogP contribution in [0.4, 0.5) is 5.69 Å². The number of amides is 1. The molecule has 0 spiro atoms. The van der Waals surface area contributed by atoms with Gasteiger partial charge in [0.05, 0.1) is 6.20 Å². The predicted octanol–water partition coefficient (Wildman–Crippen LogP) is 0.874. The average molecular weight is 286 g/mol. The topological polar surface area (TPSA) is 88.3 Å². The van der Waals surface area contributed by atoms with E-state index in [9.17, 15) is 9.59 Å². The fourth-order valence-electron chi connectivity index (χ4n) is 2.49. The lowest BCUT2D eigenvalue weighted by Gasteiger charge is -2.17. The van der Waals surface area contributed by atoms with E-state index >= 15 is 0 Å². The van der Waals surface area contributed by atoms with Crippen molar-refractivity contribution in [2.45, 2.75) is 19.9 Å². The number of anilines is 1. The molecule has 0 aliphatic carbocycles. The zero-order chi connectivity index (χ0) is 15.0. The number of hydrogen-bond donors (Lipinski definition) is 1. The van der Waals surface area contributed by atoms with Gasteiger partial charge in [0.1, 0.15) is 6.54 Å². The van der Waals surface area contributed by atoms with Crippen molar-refractivity contribution in [1.82, 2.24) is 15.0 Å². The Balaban J connectivity index is 1.76. The molecule has 7 nitrogen and oxygen atoms in total. The van der Waals surface area contributed by atoms with Gasteiger partial charge in [0, 0.05) is 12.2 Å². The van der Waals surface area contributed by atoms with Crippen molar-refractivity contribution in [3.8, 4) is 0 Å². The van der Waals surface area contributed by atoms with Gasteiger partial charge in [0.2, 0.25) is 5.91 Å². The van der Waals surface area contributed by atoms with Crippen molar-refractivity contribution >= 4 is 17.6 Å². The summed E-state index contributed by atoms with van der Waals surface area (Å²) in [5, 5.41) is 15.9. The zero-order valence-electron chi connectivity index (χ0n) is 11.5. The maximum atomic E-state index is 12.3. The molecule has 0 fully saturated rings. The second-order valence-electron chi connectivity index (χ2n) is 5.03. The first kappa shape index (κ1) is 13.3. The first-order valence-electron chi connectivity index (χ1n) is 6.58. The van der Waals surface area contributed by atoms with Gasteiger partial charge in [-0.1, -0.05) is 22.9 Å². The largest absolute Gasteiger partial charge is 0.476 e. The Kier molecular flexibility index (Phi) is 3.17. The molecule has 21 heavy (non-hydrogen) atoms. The molecule has 0 unspecified atom stereocenters. The number of carbonyl (C=O) groups excluding carboxylic acids is 1. The van der Waals surface area contributed by atoms with Crippen molar-refractivity contribution in [3.05, 3.63) is 41.2 Å². The number of benzene rings is 1. The molecule has 1 aliphatic heterocycles. The minimum atomic E-state index is -1.16. The van der Waals surface area contributed by atoms with E-state index in [-0.39, 0.29) is 18.1 Å². The molecule has 0 atom stereocenters. The second kappa shape index (κ2) is 5.01. The van der Waals surface area contributed by atoms with Crippen LogP contribution in [0, 0.1) is 6.92 Å². The number of fused-ring (bicyclic) bond motifs is 1. The summed E-state index contributed by atoms with van der Waals surface area (Å²) in [6.07, 6.45) is 2.09. The Morgan fingerprint density at radius 3 is 2.90 bits per heavy atom. The Morgan fingerprint density at radius 2 is 2.19 bits per heavy atom. The van der Waals surface area contributed by atoms with E-state index in [0.29, 0.717) is 6.54 Å². The highest BCUT2D eigenvalue weighted by Crippen LogP contribution is 2.28. The minimum absolute atomic E-state index is 0.0202. The van der Waals surface area contributed by atoms with Crippen LogP contribution >= 0.6 is 0 Å². The molecule has 3 rings (SSSR count). The van der Waals surface area contributed by atoms with Gasteiger partial charge in [-0.15, -0.1) is 5.10 Å². The van der Waals surface area contributed by atoms with Crippen LogP contribution in [0.5, 0.6) is 0 Å². The monoisotopic (exact) mass is 286 g/mol. The van der Waals surface area contributed by atoms with Gasteiger partial charge in [0.15, 0.2) is 5.69 Å². The van der Waals surface area contributed by atoms with Crippen LogP contribution in [-0.2, 0) is 17.8 Å². The third-order valence-corrected chi connectivity index (χ3v) is 3.49. The molecule has 0 saturated heterocycles. The van der Waals surface area contributed by atoms with Crippen molar-refractivity contribution in [3.63, 3.8) is 0 Å². The predicted molar refractivity (Wildman–Crippen MR) is 74.2 cm³/mol. The van der Waals surface area contributed by atoms with Gasteiger partial charge < -0.3 is 10.0 Å². The summed E-state index contributed by atoms with van der Waals surface area (Å²) in [7, 11) is 0. The molecule has 1 N–H and O–H groups in total. The molecular weight excluding hydrogens is 272 g/mol. The number of carbonyl (C=O) groups is 2. The number of nitrogens with zero attached hydrogens (tertiary/aromatic N) is 4. The molecule has 108 valence electrons. The Labute approximate surface area is 120 Å². The van der Waals surface area contributed by atoms with Crippen LogP contribution in [0.1, 0.15) is 21.6 Å². The molecule has 7 heteroatoms. The third kappa shape index (κ3) is 2.49. The Hall–Kier alpha value is -2.70. The number of carboxylic acids is 1. The molecule has 1 amide bonds. The zero-order valence-corrected chi connectivity index (χ0v) is 11.5. The third-order valence-electron chi connectivity index (χ3n) is 3.49. The van der Waals surface area contributed by atoms with E-state index in [2.05, 4.69) is 16.4 Å². The van der Waals surface area contributed by atoms with E-state index < -0.39 is 5.97 Å². The van der Waals surface area contributed by atoms with Crippen LogP contribution in [0.2, 0.25) is 0 Å². The second-order valence-corrected chi connectivity index (χ2v) is 5.03. The highest BCUT2D eigenvalue weighted by atomic mass is 16.4. The van der Waals surface area contributed by atoms with Crippen molar-refractivity contribution < 1.29 is 14.7 Å². The summed E-state index contributed by atoms with van der Waals surface area (Å²) in [6.45, 7) is 2.64. The van der Waals surface area contributed by atoms with Crippen molar-refractivity contribution in [2.75, 3.05) is 11.4 Å². The summed E-state index contributed by atoms with van der Waals surface area (Å²) in [4.78, 5) is 24.8. The summed E-state index contributed by atoms with van der Waals surface area (Å²) in [5.74, 6) is -1.28. The first-order chi connectivity index (χ1) is 10.0. The molecule has 2 heterocycles. The number of carboxylic acid groups (broad SMARTS) is 1. The van der Waals surface area contributed by atoms with E-state index in [1.807, 2.05) is 19.1 Å². The molecule has 2 aromatic rings. The van der Waals surface area contributed by atoms with Crippen molar-refractivity contribution in [2.24, 2.45) is 0 Å². The number of hydrogen-bond acceptors (Lipinski definition) is 4. The van der Waals surface area contributed by atoms with Crippen LogP contribution in [0.15, 0.2) is 24.4 Å². The molecule has 1 aromatic heterocycles. The van der Waals surface area contributed by atoms with Crippen LogP contribution in [-0.4, -0.2) is 38.5 Å². The van der Waals surface area contributed by atoms with Gasteiger partial charge in [-0.05, 0) is 25.0 Å². The fourth-order valence-corrected chi connectivity index (χ4v) is 2.49. The van der Waals surface area contributed by atoms with E-state index in [1.165, 1.54) is 16.4 Å². The number of rotatable bonds is 3. The van der Waals surface area contributed by atoms with Gasteiger partial charge in [-0.3, -0.25) is 4.79 Å². The lowest BCUT2D eigenvalue weighted by atomic mass is 10.1. The lowest BCUT2D eigenvalue weighted by Crippen LogP contribution is -2.32. The quantitative estimate of drug-likeness (QED) is 0.904. The molecule has 0 radical (unpaired) electrons. The smallest absolute Gasteiger partial charge is 0.358 e. The van der Waals surface area contributed by atoms with Crippen molar-refractivity contribution in [1.29, 1.82) is 0 Å². The van der Waals surface area contributed by atoms with E-state index in [4.69, 9.17) is 5.11 Å². The summed E-state index contributed by atoms with van der Waals surface area (Å²) in [5.41, 5.74) is 3.09. The van der Waals surface area contributed by atoms with Crippen LogP contribution in [0.25, 0.3) is 0 Å². The van der Waals surface area contributed by atoms with Gasteiger partial charge in [-0.25, -0.2) is 9.48 Å². The normalized spacial score (nSPS) is 13.3. The fraction of sp³-hybridized carbons (Fsp3) is 0.286. The summed E-state index contributed by atoms with van der Waals surface area (Å²) < 4.78 is 1.25. The maximum Gasteiger partial charge on any atom is 0.358 e. The molecular formula is C14H14N4O3. The van der Waals surface area contributed by atoms with Gasteiger partial charge in [-0.2, -0.15) is 0 Å². The molecule has 0 saturated carbocycles. The highest BCUT2D eigenvalue weighted by Gasteiger charge is 2.25. The van der Waals surface area contributed by atoms with Gasteiger partial charge >= 0.3 is 5.97 Å². The Morgan fingerprint density at radius 1 is 1.38 bits per heavy atom. The van der Waals surface area contributed by atoms with Gasteiger partial charge in [0.25, 0.3) is 0 Å². The standard InChI is InChI=1S/C14H14N4O3/c1-9-2-3-12-10(6-9)4-5-18(12)13(19)8-17-7-11(14(20)21)15-16-17/h2-3,6-7H,4-5,8H2,1H3,(H,20,21). The highest BCUT2D eigenvalue weighted by molar-refractivity contribution is 5.95. The molecule has 1 aliphatic rings. The lowest BCUT2D eigenvalue weighted by molar-refractivity contribution is -0.119. The van der Waals surface area contributed by atoms with E-state index in [0.717, 1.165) is 17.7 Å². The summed E-state index contributed by atoms with van der Waals surface area (Å²) >= 11 is 0. The first-order valence-corrected chi connectivity index (χ1v) is 6.58. The molecule has 0 bridgehead atoms. The number of aromatic nitrogens is 3. The van der Waals surface area contributed by atoms with E-state index in [1.54, 1.807) is 4.90 Å². The summed E-state index contributed by atoms with van der Waals surface area (Å²) in [6, 6.07) is 6.00. The number of aryl methyl sites for hydroxylation is 1. The number of aromatic carboxylic acids is 1. The average Bonchev–Trinajstić information content (AvgIpc) is 3.04. The van der Waals surface area contributed by atoms with Crippen LogP contribution < -0.4 is 4.90 Å². The van der Waals surface area contributed by atoms with Crippen LogP contribution in [0.3, 0.4) is 0 Å². The SMILES string of the molecule is Cc1ccc2c(c1)CCN2C(=O)Cn1cc(C(=O)O)nn1. The molecule has 1 aromatic carbocycles.